The van der Waals surface area contributed by atoms with E-state index in [2.05, 4.69) is 22.1 Å². The van der Waals surface area contributed by atoms with Crippen LogP contribution in [-0.4, -0.2) is 45.9 Å². The van der Waals surface area contributed by atoms with Crippen molar-refractivity contribution in [3.8, 4) is 10.6 Å². The Labute approximate surface area is 155 Å². The van der Waals surface area contributed by atoms with Gasteiger partial charge in [-0.05, 0) is 44.8 Å². The van der Waals surface area contributed by atoms with E-state index in [-0.39, 0.29) is 17.6 Å². The molecule has 0 aliphatic carbocycles. The molecule has 3 fully saturated rings. The number of hydrogen-bond donors (Lipinski definition) is 1. The Kier molecular flexibility index (Phi) is 4.46. The van der Waals surface area contributed by atoms with E-state index in [1.807, 2.05) is 0 Å². The highest BCUT2D eigenvalue weighted by atomic mass is 32.1. The molecular weight excluding hydrogens is 352 g/mol. The number of nitrogens with zero attached hydrogens (tertiary/aromatic N) is 3. The third kappa shape index (κ3) is 2.99. The largest absolute Gasteiger partial charge is 0.347 e. The lowest BCUT2D eigenvalue weighted by molar-refractivity contribution is -0.384. The predicted octanol–water partition coefficient (Wildman–Crippen LogP) is 2.93. The molecule has 4 heterocycles. The van der Waals surface area contributed by atoms with E-state index in [1.54, 1.807) is 18.2 Å². The average Bonchev–Trinajstić information content (AvgIpc) is 3.15. The summed E-state index contributed by atoms with van der Waals surface area (Å²) in [6.07, 6.45) is 3.76. The number of nitro benzene ring substituents is 1. The molecule has 2 unspecified atom stereocenters. The number of para-hydroxylation sites is 1. The lowest BCUT2D eigenvalue weighted by Crippen LogP contribution is -2.62. The van der Waals surface area contributed by atoms with Crippen LogP contribution in [0.15, 0.2) is 30.5 Å². The van der Waals surface area contributed by atoms with Crippen LogP contribution >= 0.6 is 11.3 Å². The van der Waals surface area contributed by atoms with E-state index in [0.29, 0.717) is 27.4 Å². The molecule has 26 heavy (non-hydrogen) atoms. The third-order valence-electron chi connectivity index (χ3n) is 5.54. The third-order valence-corrected chi connectivity index (χ3v) is 6.57. The molecule has 0 spiro atoms. The highest BCUT2D eigenvalue weighted by Gasteiger charge is 2.40. The number of nitro groups is 1. The van der Waals surface area contributed by atoms with Crippen molar-refractivity contribution in [1.29, 1.82) is 0 Å². The van der Waals surface area contributed by atoms with Crippen LogP contribution in [-0.2, 0) is 0 Å². The molecule has 136 valence electrons. The fourth-order valence-corrected chi connectivity index (χ4v) is 4.94. The van der Waals surface area contributed by atoms with Gasteiger partial charge in [-0.1, -0.05) is 12.1 Å². The van der Waals surface area contributed by atoms with Crippen molar-refractivity contribution in [1.82, 2.24) is 15.2 Å². The van der Waals surface area contributed by atoms with Gasteiger partial charge in [-0.2, -0.15) is 0 Å². The number of benzene rings is 1. The summed E-state index contributed by atoms with van der Waals surface area (Å²) in [5.41, 5.74) is 0.442. The zero-order valence-electron chi connectivity index (χ0n) is 14.4. The van der Waals surface area contributed by atoms with Crippen LogP contribution in [0, 0.1) is 16.0 Å². The maximum absolute atomic E-state index is 12.7. The minimum absolute atomic E-state index is 0.000166. The van der Waals surface area contributed by atoms with Crippen LogP contribution < -0.4 is 5.32 Å². The Balaban J connectivity index is 1.53. The van der Waals surface area contributed by atoms with Crippen molar-refractivity contribution in [3.05, 3.63) is 45.5 Å². The van der Waals surface area contributed by atoms with E-state index in [4.69, 9.17) is 0 Å². The number of piperidine rings is 3. The highest BCUT2D eigenvalue weighted by Crippen LogP contribution is 2.34. The SMILES string of the molecule is CC1C(NC(=O)c2cnc(-c3ccccc3[N+](=O)[O-])s2)C2CCN1CC2. The lowest BCUT2D eigenvalue weighted by Gasteiger charge is -2.49. The Morgan fingerprint density at radius 2 is 2.08 bits per heavy atom. The molecule has 2 bridgehead atoms. The topological polar surface area (TPSA) is 88.4 Å². The minimum Gasteiger partial charge on any atom is -0.347 e. The predicted molar refractivity (Wildman–Crippen MR) is 99.2 cm³/mol. The van der Waals surface area contributed by atoms with Gasteiger partial charge in [0.1, 0.15) is 9.88 Å². The number of carbonyl (C=O) groups excluding carboxylic acids is 1. The van der Waals surface area contributed by atoms with Gasteiger partial charge in [0.2, 0.25) is 0 Å². The minimum atomic E-state index is -0.425. The van der Waals surface area contributed by atoms with Crippen LogP contribution in [0.5, 0.6) is 0 Å². The summed E-state index contributed by atoms with van der Waals surface area (Å²) in [5.74, 6) is 0.388. The first-order chi connectivity index (χ1) is 12.5. The number of amides is 1. The summed E-state index contributed by atoms with van der Waals surface area (Å²) in [4.78, 5) is 30.7. The molecule has 3 aliphatic heterocycles. The van der Waals surface area contributed by atoms with Gasteiger partial charge in [0.05, 0.1) is 16.7 Å². The van der Waals surface area contributed by atoms with Crippen LogP contribution in [0.1, 0.15) is 29.4 Å². The summed E-state index contributed by atoms with van der Waals surface area (Å²) in [5, 5.41) is 14.9. The molecule has 3 saturated heterocycles. The second-order valence-corrected chi connectivity index (χ2v) is 7.95. The van der Waals surface area contributed by atoms with Crippen molar-refractivity contribution in [2.24, 2.45) is 5.92 Å². The fraction of sp³-hybridized carbons (Fsp3) is 0.444. The molecule has 1 N–H and O–H groups in total. The molecule has 0 saturated carbocycles. The second-order valence-electron chi connectivity index (χ2n) is 6.92. The maximum Gasteiger partial charge on any atom is 0.279 e. The van der Waals surface area contributed by atoms with E-state index in [9.17, 15) is 14.9 Å². The van der Waals surface area contributed by atoms with Crippen LogP contribution in [0.3, 0.4) is 0 Å². The summed E-state index contributed by atoms with van der Waals surface area (Å²) < 4.78 is 0. The first kappa shape index (κ1) is 17.1. The molecule has 0 radical (unpaired) electrons. The molecule has 3 aliphatic rings. The molecule has 2 atom stereocenters. The molecule has 2 aromatic rings. The molecule has 1 aromatic heterocycles. The van der Waals surface area contributed by atoms with Gasteiger partial charge in [0.25, 0.3) is 11.6 Å². The first-order valence-electron chi connectivity index (χ1n) is 8.79. The van der Waals surface area contributed by atoms with Gasteiger partial charge in [-0.15, -0.1) is 11.3 Å². The average molecular weight is 372 g/mol. The molecule has 1 aromatic carbocycles. The second kappa shape index (κ2) is 6.77. The molecular formula is C18H20N4O3S. The van der Waals surface area contributed by atoms with Crippen LogP contribution in [0.25, 0.3) is 10.6 Å². The number of aromatic nitrogens is 1. The zero-order valence-corrected chi connectivity index (χ0v) is 15.2. The highest BCUT2D eigenvalue weighted by molar-refractivity contribution is 7.17. The van der Waals surface area contributed by atoms with Gasteiger partial charge in [0.15, 0.2) is 0 Å². The van der Waals surface area contributed by atoms with Crippen LogP contribution in [0.2, 0.25) is 0 Å². The van der Waals surface area contributed by atoms with Crippen molar-refractivity contribution >= 4 is 22.9 Å². The van der Waals surface area contributed by atoms with E-state index in [0.717, 1.165) is 25.9 Å². The van der Waals surface area contributed by atoms with Crippen LogP contribution in [0.4, 0.5) is 5.69 Å². The lowest BCUT2D eigenvalue weighted by atomic mass is 9.79. The van der Waals surface area contributed by atoms with Crippen molar-refractivity contribution in [3.63, 3.8) is 0 Å². The number of nitrogens with one attached hydrogen (secondary N) is 1. The Bertz CT molecular complexity index is 842. The fourth-order valence-electron chi connectivity index (χ4n) is 4.09. The smallest absolute Gasteiger partial charge is 0.279 e. The molecule has 8 heteroatoms. The Morgan fingerprint density at radius 1 is 1.35 bits per heavy atom. The number of thiazole rings is 1. The van der Waals surface area contributed by atoms with Gasteiger partial charge in [0, 0.05) is 18.2 Å². The molecule has 1 amide bonds. The summed E-state index contributed by atoms with van der Waals surface area (Å²) in [7, 11) is 0. The van der Waals surface area contributed by atoms with Gasteiger partial charge >= 0.3 is 0 Å². The number of fused-ring (bicyclic) bond motifs is 3. The van der Waals surface area contributed by atoms with E-state index < -0.39 is 4.92 Å². The first-order valence-corrected chi connectivity index (χ1v) is 9.61. The summed E-state index contributed by atoms with van der Waals surface area (Å²) >= 11 is 1.19. The summed E-state index contributed by atoms with van der Waals surface area (Å²) in [6, 6.07) is 6.96. The zero-order chi connectivity index (χ0) is 18.3. The maximum atomic E-state index is 12.7. The monoisotopic (exact) mass is 372 g/mol. The number of rotatable bonds is 4. The van der Waals surface area contributed by atoms with E-state index in [1.165, 1.54) is 23.6 Å². The van der Waals surface area contributed by atoms with Crippen molar-refractivity contribution in [2.75, 3.05) is 13.1 Å². The van der Waals surface area contributed by atoms with Gasteiger partial charge in [-0.3, -0.25) is 19.8 Å². The molecule has 5 rings (SSSR count). The number of carbonyl (C=O) groups is 1. The summed E-state index contributed by atoms with van der Waals surface area (Å²) in [6.45, 7) is 4.39. The van der Waals surface area contributed by atoms with Crippen molar-refractivity contribution < 1.29 is 9.72 Å². The van der Waals surface area contributed by atoms with E-state index >= 15 is 0 Å². The van der Waals surface area contributed by atoms with Gasteiger partial charge < -0.3 is 5.32 Å². The van der Waals surface area contributed by atoms with Crippen molar-refractivity contribution in [2.45, 2.75) is 31.8 Å². The molecule has 7 nitrogen and oxygen atoms in total. The number of hydrogen-bond acceptors (Lipinski definition) is 6. The normalized spacial score (nSPS) is 27.3. The Hall–Kier alpha value is -2.32. The van der Waals surface area contributed by atoms with Gasteiger partial charge in [-0.25, -0.2) is 4.98 Å². The Morgan fingerprint density at radius 3 is 2.77 bits per heavy atom. The quantitative estimate of drug-likeness (QED) is 0.658. The standard InChI is InChI=1S/C18H20N4O3S/c1-11-16(12-6-8-21(11)9-7-12)20-17(23)15-10-19-18(26-15)13-4-2-3-5-14(13)22(24)25/h2-5,10-12,16H,6-9H2,1H3,(H,20,23).